The predicted molar refractivity (Wildman–Crippen MR) is 101 cm³/mol. The fourth-order valence-electron chi connectivity index (χ4n) is 3.09. The fourth-order valence-corrected chi connectivity index (χ4v) is 3.09. The minimum Gasteiger partial charge on any atom is -0.459 e. The molecule has 2 aromatic heterocycles. The third-order valence-corrected chi connectivity index (χ3v) is 4.33. The summed E-state index contributed by atoms with van der Waals surface area (Å²) in [5.41, 5.74) is 3.86. The number of furan rings is 1. The van der Waals surface area contributed by atoms with Gasteiger partial charge in [0.15, 0.2) is 5.76 Å². The molecule has 5 heteroatoms. The number of benzene rings is 3. The summed E-state index contributed by atoms with van der Waals surface area (Å²) in [4.78, 5) is 21.7. The van der Waals surface area contributed by atoms with Gasteiger partial charge in [-0.25, -0.2) is 9.97 Å². The van der Waals surface area contributed by atoms with Crippen LogP contribution >= 0.6 is 0 Å². The summed E-state index contributed by atoms with van der Waals surface area (Å²) in [6.45, 7) is 0. The monoisotopic (exact) mass is 339 g/mol. The van der Waals surface area contributed by atoms with Crippen LogP contribution in [0.15, 0.2) is 77.4 Å². The van der Waals surface area contributed by atoms with Crippen molar-refractivity contribution in [1.82, 2.24) is 9.97 Å². The first kappa shape index (κ1) is 14.6. The van der Waals surface area contributed by atoms with E-state index in [0.29, 0.717) is 5.69 Å². The van der Waals surface area contributed by atoms with E-state index >= 15 is 0 Å². The van der Waals surface area contributed by atoms with Crippen LogP contribution in [0, 0.1) is 0 Å². The zero-order valence-electron chi connectivity index (χ0n) is 13.6. The van der Waals surface area contributed by atoms with E-state index in [9.17, 15) is 4.79 Å². The molecular weight excluding hydrogens is 326 g/mol. The van der Waals surface area contributed by atoms with Gasteiger partial charge in [-0.05, 0) is 41.8 Å². The Labute approximate surface area is 148 Å². The number of rotatable bonds is 2. The van der Waals surface area contributed by atoms with E-state index in [4.69, 9.17) is 14.4 Å². The maximum atomic E-state index is 12.2. The highest BCUT2D eigenvalue weighted by atomic mass is 16.3. The third-order valence-electron chi connectivity index (χ3n) is 4.33. The minimum atomic E-state index is -0.298. The summed E-state index contributed by atoms with van der Waals surface area (Å²) in [5.74, 6) is -0.0331. The third kappa shape index (κ3) is 2.38. The smallest absolute Gasteiger partial charge is 0.291 e. The normalized spacial score (nSPS) is 11.2. The molecule has 0 aliphatic carbocycles. The quantitative estimate of drug-likeness (QED) is 0.371. The van der Waals surface area contributed by atoms with Gasteiger partial charge in [-0.3, -0.25) is 4.79 Å². The number of nitrogens with zero attached hydrogens (tertiary/aromatic N) is 2. The van der Waals surface area contributed by atoms with Gasteiger partial charge in [-0.1, -0.05) is 30.3 Å². The average Bonchev–Trinajstić information content (AvgIpc) is 3.21. The van der Waals surface area contributed by atoms with Gasteiger partial charge >= 0.3 is 0 Å². The molecule has 1 amide bonds. The van der Waals surface area contributed by atoms with Crippen LogP contribution in [0.4, 0.5) is 5.69 Å². The van der Waals surface area contributed by atoms with Crippen molar-refractivity contribution in [3.63, 3.8) is 0 Å². The van der Waals surface area contributed by atoms with Crippen LogP contribution in [-0.2, 0) is 0 Å². The second-order valence-corrected chi connectivity index (χ2v) is 6.01. The van der Waals surface area contributed by atoms with Crippen LogP contribution in [0.2, 0.25) is 0 Å². The molecule has 0 bridgehead atoms. The Hall–Kier alpha value is -3.73. The van der Waals surface area contributed by atoms with Crippen molar-refractivity contribution in [3.8, 4) is 0 Å². The maximum absolute atomic E-state index is 12.2. The summed E-state index contributed by atoms with van der Waals surface area (Å²) in [7, 11) is 0. The van der Waals surface area contributed by atoms with Gasteiger partial charge in [0.05, 0.1) is 28.3 Å². The van der Waals surface area contributed by atoms with Crippen molar-refractivity contribution in [2.45, 2.75) is 0 Å². The lowest BCUT2D eigenvalue weighted by molar-refractivity contribution is 0.0996. The Balaban J connectivity index is 1.63. The zero-order chi connectivity index (χ0) is 17.5. The summed E-state index contributed by atoms with van der Waals surface area (Å²) in [6.07, 6.45) is 1.47. The van der Waals surface area contributed by atoms with Crippen molar-refractivity contribution in [2.24, 2.45) is 0 Å². The average molecular weight is 339 g/mol. The maximum Gasteiger partial charge on any atom is 0.291 e. The van der Waals surface area contributed by atoms with Gasteiger partial charge < -0.3 is 9.73 Å². The molecule has 3 aromatic carbocycles. The van der Waals surface area contributed by atoms with Gasteiger partial charge in [-0.2, -0.15) is 0 Å². The second-order valence-electron chi connectivity index (χ2n) is 6.01. The molecule has 1 N–H and O–H groups in total. The second kappa shape index (κ2) is 5.67. The van der Waals surface area contributed by atoms with E-state index in [2.05, 4.69) is 17.4 Å². The summed E-state index contributed by atoms with van der Waals surface area (Å²) in [6, 6.07) is 20.9. The van der Waals surface area contributed by atoms with Gasteiger partial charge in [0, 0.05) is 11.1 Å². The lowest BCUT2D eigenvalue weighted by Crippen LogP contribution is -2.10. The molecule has 0 unspecified atom stereocenters. The Morgan fingerprint density at radius 1 is 0.846 bits per heavy atom. The Morgan fingerprint density at radius 3 is 2.62 bits per heavy atom. The highest BCUT2D eigenvalue weighted by Gasteiger charge is 2.10. The molecule has 2 heterocycles. The largest absolute Gasteiger partial charge is 0.459 e. The molecule has 0 aliphatic heterocycles. The number of carbonyl (C=O) groups is 1. The molecule has 0 atom stereocenters. The Morgan fingerprint density at radius 2 is 1.73 bits per heavy atom. The molecule has 0 aliphatic rings. The van der Waals surface area contributed by atoms with Crippen molar-refractivity contribution in [1.29, 1.82) is 0 Å². The van der Waals surface area contributed by atoms with Crippen molar-refractivity contribution in [2.75, 3.05) is 5.32 Å². The topological polar surface area (TPSA) is 68.0 Å². The molecule has 0 saturated heterocycles. The van der Waals surface area contributed by atoms with Crippen LogP contribution < -0.4 is 5.32 Å². The van der Waals surface area contributed by atoms with Crippen LogP contribution in [0.1, 0.15) is 10.6 Å². The van der Waals surface area contributed by atoms with Crippen LogP contribution in [-0.4, -0.2) is 15.9 Å². The highest BCUT2D eigenvalue weighted by Crippen LogP contribution is 2.26. The standard InChI is InChI=1S/C21H13N3O2/c25-21(19-6-3-11-26-19)22-14-8-10-16-18(12-14)24-20-15-5-2-1-4-13(15)7-9-17(20)23-16/h1-12H,(H,22,25). The predicted octanol–water partition coefficient (Wildman–Crippen LogP) is 4.78. The Bertz CT molecular complexity index is 1280. The number of hydrogen-bond donors (Lipinski definition) is 1. The summed E-state index contributed by atoms with van der Waals surface area (Å²) in [5, 5.41) is 5.00. The molecular formula is C21H13N3O2. The minimum absolute atomic E-state index is 0.265. The van der Waals surface area contributed by atoms with E-state index in [1.165, 1.54) is 6.26 Å². The lowest BCUT2D eigenvalue weighted by atomic mass is 10.1. The highest BCUT2D eigenvalue weighted by molar-refractivity contribution is 6.07. The van der Waals surface area contributed by atoms with Crippen molar-refractivity contribution < 1.29 is 9.21 Å². The number of aromatic nitrogens is 2. The molecule has 0 spiro atoms. The molecule has 0 saturated carbocycles. The van der Waals surface area contributed by atoms with E-state index in [0.717, 1.165) is 32.8 Å². The van der Waals surface area contributed by atoms with E-state index in [1.54, 1.807) is 12.1 Å². The van der Waals surface area contributed by atoms with Crippen molar-refractivity contribution >= 4 is 44.4 Å². The first-order chi connectivity index (χ1) is 12.8. The molecule has 26 heavy (non-hydrogen) atoms. The number of nitrogens with one attached hydrogen (secondary N) is 1. The van der Waals surface area contributed by atoms with Crippen LogP contribution in [0.25, 0.3) is 32.8 Å². The zero-order valence-corrected chi connectivity index (χ0v) is 13.6. The van der Waals surface area contributed by atoms with E-state index < -0.39 is 0 Å². The summed E-state index contributed by atoms with van der Waals surface area (Å²) >= 11 is 0. The lowest BCUT2D eigenvalue weighted by Gasteiger charge is -2.07. The fraction of sp³-hybridized carbons (Fsp3) is 0. The van der Waals surface area contributed by atoms with Crippen LogP contribution in [0.5, 0.6) is 0 Å². The molecule has 5 aromatic rings. The number of anilines is 1. The van der Waals surface area contributed by atoms with Crippen LogP contribution in [0.3, 0.4) is 0 Å². The van der Waals surface area contributed by atoms with Gasteiger partial charge in [0.25, 0.3) is 5.91 Å². The SMILES string of the molecule is O=C(Nc1ccc2nc3ccc4ccccc4c3nc2c1)c1ccco1. The first-order valence-corrected chi connectivity index (χ1v) is 8.22. The van der Waals surface area contributed by atoms with E-state index in [1.807, 2.05) is 42.5 Å². The summed E-state index contributed by atoms with van der Waals surface area (Å²) < 4.78 is 5.12. The van der Waals surface area contributed by atoms with Gasteiger partial charge in [0.1, 0.15) is 0 Å². The van der Waals surface area contributed by atoms with Gasteiger partial charge in [0.2, 0.25) is 0 Å². The number of fused-ring (bicyclic) bond motifs is 4. The number of hydrogen-bond acceptors (Lipinski definition) is 4. The molecule has 0 fully saturated rings. The number of amides is 1. The molecule has 124 valence electrons. The molecule has 5 nitrogen and oxygen atoms in total. The van der Waals surface area contributed by atoms with E-state index in [-0.39, 0.29) is 11.7 Å². The van der Waals surface area contributed by atoms with Crippen molar-refractivity contribution in [3.05, 3.63) is 78.8 Å². The molecule has 0 radical (unpaired) electrons. The number of carbonyl (C=O) groups excluding carboxylic acids is 1. The van der Waals surface area contributed by atoms with Gasteiger partial charge in [-0.15, -0.1) is 0 Å². The molecule has 5 rings (SSSR count). The first-order valence-electron chi connectivity index (χ1n) is 8.22. The Kier molecular flexibility index (Phi) is 3.18.